The summed E-state index contributed by atoms with van der Waals surface area (Å²) in [6.45, 7) is 2.04. The Morgan fingerprint density at radius 1 is 1.50 bits per heavy atom. The molecular weight excluding hydrogens is 132 g/mol. The van der Waals surface area contributed by atoms with E-state index in [0.29, 0.717) is 6.42 Å². The van der Waals surface area contributed by atoms with Gasteiger partial charge in [0.2, 0.25) is 0 Å². The quantitative estimate of drug-likeness (QED) is 0.339. The highest BCUT2D eigenvalue weighted by atomic mass is 16.5. The van der Waals surface area contributed by atoms with E-state index >= 15 is 0 Å². The Labute approximate surface area is 61.5 Å². The lowest BCUT2D eigenvalue weighted by Crippen LogP contribution is -2.02. The summed E-state index contributed by atoms with van der Waals surface area (Å²) < 4.78 is 4.41. The Balaban J connectivity index is 0. The first-order valence-electron chi connectivity index (χ1n) is 3.21. The van der Waals surface area contributed by atoms with Gasteiger partial charge < -0.3 is 4.74 Å². The van der Waals surface area contributed by atoms with E-state index in [4.69, 9.17) is 0 Å². The number of esters is 1. The van der Waals surface area contributed by atoms with Crippen LogP contribution in [0.25, 0.3) is 0 Å². The van der Waals surface area contributed by atoms with E-state index in [1.165, 1.54) is 7.11 Å². The zero-order valence-electron chi connectivity index (χ0n) is 6.59. The van der Waals surface area contributed by atoms with Crippen molar-refractivity contribution in [3.8, 4) is 0 Å². The van der Waals surface area contributed by atoms with Crippen molar-refractivity contribution in [1.82, 2.24) is 0 Å². The molecule has 0 saturated heterocycles. The van der Waals surface area contributed by atoms with Gasteiger partial charge in [0.15, 0.2) is 0 Å². The summed E-state index contributed by atoms with van der Waals surface area (Å²) in [5.74, 6) is 7.90. The monoisotopic (exact) mass is 148 g/mol. The van der Waals surface area contributed by atoms with Gasteiger partial charge >= 0.3 is 5.97 Å². The lowest BCUT2D eigenvalue weighted by atomic mass is 10.3. The fraction of sp³-hybridized carbons (Fsp3) is 0.833. The number of carbonyl (C=O) groups is 1. The molecule has 0 bridgehead atoms. The largest absolute Gasteiger partial charge is 0.469 e. The minimum atomic E-state index is -0.105. The van der Waals surface area contributed by atoms with Crippen molar-refractivity contribution in [2.45, 2.75) is 26.2 Å². The molecule has 4 heteroatoms. The van der Waals surface area contributed by atoms with E-state index in [0.717, 1.165) is 12.8 Å². The average Bonchev–Trinajstić information content (AvgIpc) is 2.04. The van der Waals surface area contributed by atoms with Crippen LogP contribution in [0.4, 0.5) is 0 Å². The second-order valence-corrected chi connectivity index (χ2v) is 1.68. The highest BCUT2D eigenvalue weighted by Gasteiger charge is 1.95. The van der Waals surface area contributed by atoms with Gasteiger partial charge in [-0.05, 0) is 6.42 Å². The number of ether oxygens (including phenoxy) is 1. The lowest BCUT2D eigenvalue weighted by Gasteiger charge is -1.93. The van der Waals surface area contributed by atoms with Gasteiger partial charge in [-0.25, -0.2) is 0 Å². The highest BCUT2D eigenvalue weighted by Crippen LogP contribution is 1.94. The Morgan fingerprint density at radius 2 is 2.00 bits per heavy atom. The fourth-order valence-electron chi connectivity index (χ4n) is 0.423. The maximum absolute atomic E-state index is 10.3. The molecule has 0 rings (SSSR count). The summed E-state index contributed by atoms with van der Waals surface area (Å²) in [7, 11) is 1.41. The summed E-state index contributed by atoms with van der Waals surface area (Å²) in [6, 6.07) is 0. The van der Waals surface area contributed by atoms with Crippen molar-refractivity contribution in [2.75, 3.05) is 7.11 Å². The van der Waals surface area contributed by atoms with Crippen molar-refractivity contribution < 1.29 is 9.53 Å². The first-order valence-corrected chi connectivity index (χ1v) is 3.21. The Bertz CT molecular complexity index is 76.1. The zero-order chi connectivity index (χ0) is 8.41. The molecule has 0 aliphatic rings. The molecule has 0 atom stereocenters. The number of hydrogen-bond acceptors (Lipinski definition) is 4. The van der Waals surface area contributed by atoms with Crippen molar-refractivity contribution in [3.05, 3.63) is 0 Å². The van der Waals surface area contributed by atoms with Gasteiger partial charge in [-0.15, -0.1) is 0 Å². The van der Waals surface area contributed by atoms with Crippen molar-refractivity contribution in [2.24, 2.45) is 11.7 Å². The van der Waals surface area contributed by atoms with E-state index < -0.39 is 0 Å². The van der Waals surface area contributed by atoms with E-state index in [1.54, 1.807) is 0 Å². The molecule has 0 aliphatic carbocycles. The van der Waals surface area contributed by atoms with Gasteiger partial charge in [0, 0.05) is 6.42 Å². The third-order valence-corrected chi connectivity index (χ3v) is 0.962. The normalized spacial score (nSPS) is 7.60. The van der Waals surface area contributed by atoms with Crippen molar-refractivity contribution in [1.29, 1.82) is 0 Å². The van der Waals surface area contributed by atoms with Crippen LogP contribution < -0.4 is 11.7 Å². The molecule has 62 valence electrons. The standard InChI is InChI=1S/C6H12O2.H4N2/c1-3-4-5-6(7)8-2;1-2/h3-5H2,1-2H3;1-2H2. The van der Waals surface area contributed by atoms with Gasteiger partial charge in [-0.3, -0.25) is 16.5 Å². The van der Waals surface area contributed by atoms with Crippen LogP contribution in [-0.4, -0.2) is 13.1 Å². The minimum Gasteiger partial charge on any atom is -0.469 e. The number of nitrogens with two attached hydrogens (primary N) is 2. The summed E-state index contributed by atoms with van der Waals surface area (Å²) in [5.41, 5.74) is 0. The third-order valence-electron chi connectivity index (χ3n) is 0.962. The predicted octanol–water partition coefficient (Wildman–Crippen LogP) is 0.168. The Morgan fingerprint density at radius 3 is 2.30 bits per heavy atom. The average molecular weight is 148 g/mol. The summed E-state index contributed by atoms with van der Waals surface area (Å²) in [5, 5.41) is 0. The van der Waals surface area contributed by atoms with Gasteiger partial charge in [-0.1, -0.05) is 13.3 Å². The maximum atomic E-state index is 10.3. The predicted molar refractivity (Wildman–Crippen MR) is 39.9 cm³/mol. The van der Waals surface area contributed by atoms with E-state index in [1.807, 2.05) is 6.92 Å². The Hall–Kier alpha value is -0.610. The van der Waals surface area contributed by atoms with Crippen LogP contribution in [0.5, 0.6) is 0 Å². The second kappa shape index (κ2) is 11.2. The second-order valence-electron chi connectivity index (χ2n) is 1.68. The van der Waals surface area contributed by atoms with Crippen LogP contribution in [0.1, 0.15) is 26.2 Å². The number of carbonyl (C=O) groups excluding carboxylic acids is 1. The van der Waals surface area contributed by atoms with Crippen LogP contribution >= 0.6 is 0 Å². The number of hydrogen-bond donors (Lipinski definition) is 2. The van der Waals surface area contributed by atoms with E-state index in [2.05, 4.69) is 16.4 Å². The molecule has 0 aromatic heterocycles. The van der Waals surface area contributed by atoms with E-state index in [9.17, 15) is 4.79 Å². The van der Waals surface area contributed by atoms with Crippen LogP contribution in [0.3, 0.4) is 0 Å². The smallest absolute Gasteiger partial charge is 0.305 e. The minimum absolute atomic E-state index is 0.105. The van der Waals surface area contributed by atoms with Crippen LogP contribution in [0.2, 0.25) is 0 Å². The van der Waals surface area contributed by atoms with Crippen molar-refractivity contribution >= 4 is 5.97 Å². The first-order chi connectivity index (χ1) is 4.81. The highest BCUT2D eigenvalue weighted by molar-refractivity contribution is 5.68. The molecule has 10 heavy (non-hydrogen) atoms. The van der Waals surface area contributed by atoms with Crippen LogP contribution in [0.15, 0.2) is 0 Å². The summed E-state index contributed by atoms with van der Waals surface area (Å²) in [6.07, 6.45) is 2.55. The molecule has 0 fully saturated rings. The molecule has 0 heterocycles. The van der Waals surface area contributed by atoms with Gasteiger partial charge in [-0.2, -0.15) is 0 Å². The molecule has 0 aliphatic heterocycles. The molecule has 0 saturated carbocycles. The number of hydrazine groups is 1. The SMILES string of the molecule is CCCCC(=O)OC.NN. The molecule has 0 radical (unpaired) electrons. The summed E-state index contributed by atoms with van der Waals surface area (Å²) in [4.78, 5) is 10.3. The molecule has 4 nitrogen and oxygen atoms in total. The van der Waals surface area contributed by atoms with Crippen LogP contribution in [0, 0.1) is 0 Å². The molecular formula is C6H16N2O2. The first kappa shape index (κ1) is 12.1. The molecule has 4 N–H and O–H groups in total. The van der Waals surface area contributed by atoms with Gasteiger partial charge in [0.1, 0.15) is 0 Å². The number of rotatable bonds is 3. The molecule has 0 spiro atoms. The van der Waals surface area contributed by atoms with E-state index in [-0.39, 0.29) is 5.97 Å². The summed E-state index contributed by atoms with van der Waals surface area (Å²) >= 11 is 0. The molecule has 0 aromatic rings. The lowest BCUT2D eigenvalue weighted by molar-refractivity contribution is -0.140. The molecule has 0 unspecified atom stereocenters. The third kappa shape index (κ3) is 10.4. The van der Waals surface area contributed by atoms with Gasteiger partial charge in [0.05, 0.1) is 7.11 Å². The number of methoxy groups -OCH3 is 1. The topological polar surface area (TPSA) is 78.3 Å². The van der Waals surface area contributed by atoms with Gasteiger partial charge in [0.25, 0.3) is 0 Å². The van der Waals surface area contributed by atoms with Crippen LogP contribution in [-0.2, 0) is 9.53 Å². The number of unbranched alkanes of at least 4 members (excludes halogenated alkanes) is 1. The fourth-order valence-corrected chi connectivity index (χ4v) is 0.423. The zero-order valence-corrected chi connectivity index (χ0v) is 6.59. The maximum Gasteiger partial charge on any atom is 0.305 e. The molecule has 0 aromatic carbocycles. The van der Waals surface area contributed by atoms with Crippen molar-refractivity contribution in [3.63, 3.8) is 0 Å². The Kier molecular flexibility index (Phi) is 13.6. The molecule has 0 amide bonds.